The fourth-order valence-corrected chi connectivity index (χ4v) is 7.16. The second-order valence-corrected chi connectivity index (χ2v) is 11.4. The van der Waals surface area contributed by atoms with E-state index in [1.54, 1.807) is 11.8 Å². The minimum Gasteiger partial charge on any atom is -0.456 e. The molecule has 194 valence electrons. The Bertz CT molecular complexity index is 1970. The molecule has 4 aromatic carbocycles. The van der Waals surface area contributed by atoms with Crippen LogP contribution < -0.4 is 14.8 Å². The van der Waals surface area contributed by atoms with E-state index < -0.39 is 0 Å². The molecule has 0 radical (unpaired) electrons. The SMILES string of the molecule is CSc1ccccc1-c1c2ccc(=[N+]3CCc4ccccc43)cc-2oc2cc(N3CCc4ccccc43)ccc12. The van der Waals surface area contributed by atoms with E-state index in [0.29, 0.717) is 0 Å². The number of hydrogen-bond donors (Lipinski definition) is 0. The minimum atomic E-state index is 0.916. The highest BCUT2D eigenvalue weighted by Crippen LogP contribution is 2.44. The molecule has 0 saturated carbocycles. The number of hydrogen-bond acceptors (Lipinski definition) is 3. The maximum Gasteiger partial charge on any atom is 0.209 e. The number of rotatable bonds is 3. The summed E-state index contributed by atoms with van der Waals surface area (Å²) in [4.78, 5) is 3.69. The van der Waals surface area contributed by atoms with Crippen molar-refractivity contribution in [2.24, 2.45) is 0 Å². The summed E-state index contributed by atoms with van der Waals surface area (Å²) in [5.74, 6) is 0.916. The summed E-state index contributed by atoms with van der Waals surface area (Å²) in [5, 5.41) is 2.32. The topological polar surface area (TPSA) is 19.4 Å². The molecule has 4 aromatic rings. The van der Waals surface area contributed by atoms with Gasteiger partial charge in [0.2, 0.25) is 11.0 Å². The molecule has 4 heteroatoms. The van der Waals surface area contributed by atoms with Gasteiger partial charge in [-0.1, -0.05) is 54.6 Å². The van der Waals surface area contributed by atoms with Gasteiger partial charge < -0.3 is 9.32 Å². The van der Waals surface area contributed by atoms with Crippen LogP contribution in [-0.2, 0) is 12.8 Å². The van der Waals surface area contributed by atoms with Crippen molar-refractivity contribution in [3.63, 3.8) is 0 Å². The summed E-state index contributed by atoms with van der Waals surface area (Å²) < 4.78 is 9.22. The molecule has 8 rings (SSSR count). The highest BCUT2D eigenvalue weighted by Gasteiger charge is 2.26. The molecule has 40 heavy (non-hydrogen) atoms. The first-order valence-corrected chi connectivity index (χ1v) is 15.2. The Labute approximate surface area is 238 Å². The highest BCUT2D eigenvalue weighted by molar-refractivity contribution is 7.98. The predicted octanol–water partition coefficient (Wildman–Crippen LogP) is 8.28. The zero-order chi connectivity index (χ0) is 26.6. The lowest BCUT2D eigenvalue weighted by atomic mass is 9.93. The number of fused-ring (bicyclic) bond motifs is 4. The van der Waals surface area contributed by atoms with Gasteiger partial charge in [-0.15, -0.1) is 11.8 Å². The van der Waals surface area contributed by atoms with Crippen molar-refractivity contribution in [1.29, 1.82) is 0 Å². The second kappa shape index (κ2) is 9.42. The summed E-state index contributed by atoms with van der Waals surface area (Å²) in [6.45, 7) is 1.97. The molecular weight excluding hydrogens is 508 g/mol. The molecule has 0 bridgehead atoms. The van der Waals surface area contributed by atoms with Gasteiger partial charge in [0.1, 0.15) is 11.3 Å². The van der Waals surface area contributed by atoms with Crippen LogP contribution >= 0.6 is 11.8 Å². The van der Waals surface area contributed by atoms with Gasteiger partial charge >= 0.3 is 0 Å². The molecule has 0 saturated heterocycles. The molecule has 1 aliphatic carbocycles. The van der Waals surface area contributed by atoms with Crippen LogP contribution in [0.5, 0.6) is 0 Å². The Kier molecular flexibility index (Phi) is 5.56. The Hall–Kier alpha value is -4.28. The molecule has 0 N–H and O–H groups in total. The average Bonchev–Trinajstić information content (AvgIpc) is 3.64. The summed E-state index contributed by atoms with van der Waals surface area (Å²) in [6, 6.07) is 39.7. The zero-order valence-electron chi connectivity index (χ0n) is 22.4. The molecule has 0 unspecified atom stereocenters. The number of benzene rings is 5. The van der Waals surface area contributed by atoms with Crippen LogP contribution in [0.4, 0.5) is 17.1 Å². The molecule has 3 aliphatic heterocycles. The maximum absolute atomic E-state index is 6.80. The molecule has 0 spiro atoms. The highest BCUT2D eigenvalue weighted by atomic mass is 32.2. The van der Waals surface area contributed by atoms with E-state index in [1.165, 1.54) is 49.6 Å². The smallest absolute Gasteiger partial charge is 0.209 e. The first-order valence-electron chi connectivity index (χ1n) is 14.0. The van der Waals surface area contributed by atoms with E-state index in [1.807, 2.05) is 0 Å². The molecule has 0 atom stereocenters. The van der Waals surface area contributed by atoms with Crippen LogP contribution in [0.25, 0.3) is 33.4 Å². The average molecular weight is 538 g/mol. The van der Waals surface area contributed by atoms with Crippen molar-refractivity contribution < 1.29 is 4.42 Å². The monoisotopic (exact) mass is 537 g/mol. The van der Waals surface area contributed by atoms with Gasteiger partial charge in [0.25, 0.3) is 0 Å². The molecule has 4 aliphatic rings. The molecule has 0 fully saturated rings. The summed E-state index contributed by atoms with van der Waals surface area (Å²) in [6.07, 6.45) is 4.29. The van der Waals surface area contributed by atoms with Crippen molar-refractivity contribution in [3.05, 3.63) is 126 Å². The largest absolute Gasteiger partial charge is 0.456 e. The number of nitrogens with zero attached hydrogens (tertiary/aromatic N) is 2. The van der Waals surface area contributed by atoms with Crippen molar-refractivity contribution in [2.75, 3.05) is 24.2 Å². The van der Waals surface area contributed by atoms with Gasteiger partial charge in [-0.3, -0.25) is 0 Å². The first-order chi connectivity index (χ1) is 19.8. The van der Waals surface area contributed by atoms with E-state index in [0.717, 1.165) is 48.2 Å². The molecule has 3 heterocycles. The molecular formula is C36H29N2OS+. The van der Waals surface area contributed by atoms with Crippen LogP contribution in [0.3, 0.4) is 0 Å². The summed E-state index contributed by atoms with van der Waals surface area (Å²) >= 11 is 1.79. The van der Waals surface area contributed by atoms with Gasteiger partial charge in [0.15, 0.2) is 6.54 Å². The van der Waals surface area contributed by atoms with Gasteiger partial charge in [-0.05, 0) is 54.1 Å². The van der Waals surface area contributed by atoms with Crippen molar-refractivity contribution in [3.8, 4) is 22.5 Å². The fourth-order valence-electron chi connectivity index (χ4n) is 6.56. The summed E-state index contributed by atoms with van der Waals surface area (Å²) in [5.41, 5.74) is 11.1. The van der Waals surface area contributed by atoms with Crippen LogP contribution in [0, 0.1) is 0 Å². The minimum absolute atomic E-state index is 0.916. The van der Waals surface area contributed by atoms with E-state index in [4.69, 9.17) is 4.42 Å². The lowest BCUT2D eigenvalue weighted by Crippen LogP contribution is -2.23. The standard InChI is InChI=1S/C36H29N2OS/c1-40-35-13-7-4-10-30(35)36-28-16-14-26(37-20-18-24-8-2-5-11-31(24)37)22-33(28)39-34-23-27(15-17-29(34)36)38-21-19-25-9-3-6-12-32(25)38/h2-17,22-23H,18-21H2,1H3/q+1. The third-order valence-electron chi connectivity index (χ3n) is 8.46. The van der Waals surface area contributed by atoms with Gasteiger partial charge in [0.05, 0.1) is 6.07 Å². The molecule has 3 nitrogen and oxygen atoms in total. The Morgan fingerprint density at radius 3 is 2.50 bits per heavy atom. The lowest BCUT2D eigenvalue weighted by molar-refractivity contribution is 0.617. The van der Waals surface area contributed by atoms with Gasteiger partial charge in [0, 0.05) is 69.5 Å². The normalized spacial score (nSPS) is 15.6. The van der Waals surface area contributed by atoms with Crippen LogP contribution in [0.15, 0.2) is 119 Å². The third-order valence-corrected chi connectivity index (χ3v) is 9.26. The molecule has 0 amide bonds. The number of para-hydroxylation sites is 2. The van der Waals surface area contributed by atoms with E-state index in [2.05, 4.69) is 125 Å². The van der Waals surface area contributed by atoms with Crippen molar-refractivity contribution >= 4 is 39.8 Å². The first kappa shape index (κ1) is 23.6. The van der Waals surface area contributed by atoms with Crippen LogP contribution in [0.1, 0.15) is 11.1 Å². The molecule has 0 aromatic heterocycles. The number of thioether (sulfide) groups is 1. The van der Waals surface area contributed by atoms with Gasteiger partial charge in [-0.25, -0.2) is 0 Å². The van der Waals surface area contributed by atoms with E-state index in [-0.39, 0.29) is 0 Å². The van der Waals surface area contributed by atoms with Crippen LogP contribution in [0.2, 0.25) is 0 Å². The maximum atomic E-state index is 6.80. The van der Waals surface area contributed by atoms with Crippen molar-refractivity contribution in [2.45, 2.75) is 17.7 Å². The quantitative estimate of drug-likeness (QED) is 0.129. The van der Waals surface area contributed by atoms with Crippen LogP contribution in [-0.4, -0.2) is 19.3 Å². The van der Waals surface area contributed by atoms with Gasteiger partial charge in [-0.2, -0.15) is 4.58 Å². The lowest BCUT2D eigenvalue weighted by Gasteiger charge is -2.22. The third kappa shape index (κ3) is 3.70. The zero-order valence-corrected chi connectivity index (χ0v) is 23.2. The Morgan fingerprint density at radius 1 is 0.750 bits per heavy atom. The second-order valence-electron chi connectivity index (χ2n) is 10.6. The fraction of sp³-hybridized carbons (Fsp3) is 0.139. The summed E-state index contributed by atoms with van der Waals surface area (Å²) in [7, 11) is 0. The van der Waals surface area contributed by atoms with Crippen molar-refractivity contribution in [1.82, 2.24) is 4.58 Å². The predicted molar refractivity (Wildman–Crippen MR) is 167 cm³/mol. The van der Waals surface area contributed by atoms with E-state index in [9.17, 15) is 0 Å². The number of anilines is 2. The Balaban J connectivity index is 1.39. The van der Waals surface area contributed by atoms with E-state index >= 15 is 0 Å². The Morgan fingerprint density at radius 2 is 1.57 bits per heavy atom.